The van der Waals surface area contributed by atoms with Crippen molar-refractivity contribution in [1.82, 2.24) is 5.32 Å². The molecule has 1 aromatic carbocycles. The van der Waals surface area contributed by atoms with Crippen LogP contribution in [0.3, 0.4) is 0 Å². The van der Waals surface area contributed by atoms with E-state index in [9.17, 15) is 4.79 Å². The van der Waals surface area contributed by atoms with Crippen molar-refractivity contribution in [2.75, 3.05) is 13.2 Å². The number of halogens is 2. The fourth-order valence-electron chi connectivity index (χ4n) is 2.03. The molecular formula is C14H20Cl2N2O2. The summed E-state index contributed by atoms with van der Waals surface area (Å²) in [5.74, 6) is 1.10. The van der Waals surface area contributed by atoms with E-state index in [0.29, 0.717) is 23.2 Å². The van der Waals surface area contributed by atoms with Gasteiger partial charge in [0, 0.05) is 17.6 Å². The molecule has 1 fully saturated rings. The monoisotopic (exact) mass is 318 g/mol. The number of aryl methyl sites for hydroxylation is 1. The third-order valence-corrected chi connectivity index (χ3v) is 3.52. The summed E-state index contributed by atoms with van der Waals surface area (Å²) in [6.45, 7) is 2.38. The summed E-state index contributed by atoms with van der Waals surface area (Å²) in [5.41, 5.74) is 6.55. The first-order valence-corrected chi connectivity index (χ1v) is 6.86. The molecule has 0 aliphatic heterocycles. The molecule has 0 heterocycles. The van der Waals surface area contributed by atoms with Crippen LogP contribution in [-0.2, 0) is 4.79 Å². The molecule has 1 unspecified atom stereocenters. The molecule has 1 saturated carbocycles. The van der Waals surface area contributed by atoms with Gasteiger partial charge in [-0.05, 0) is 49.4 Å². The van der Waals surface area contributed by atoms with E-state index in [1.807, 2.05) is 13.0 Å². The van der Waals surface area contributed by atoms with Crippen LogP contribution < -0.4 is 15.8 Å². The third-order valence-electron chi connectivity index (χ3n) is 3.29. The molecule has 20 heavy (non-hydrogen) atoms. The van der Waals surface area contributed by atoms with Crippen molar-refractivity contribution < 1.29 is 9.53 Å². The summed E-state index contributed by atoms with van der Waals surface area (Å²) in [6.07, 6.45) is 2.30. The lowest BCUT2D eigenvalue weighted by atomic mass is 10.2. The number of amides is 1. The summed E-state index contributed by atoms with van der Waals surface area (Å²) >= 11 is 5.86. The van der Waals surface area contributed by atoms with Crippen LogP contribution in [0.4, 0.5) is 0 Å². The van der Waals surface area contributed by atoms with Gasteiger partial charge in [0.05, 0.1) is 0 Å². The van der Waals surface area contributed by atoms with E-state index in [4.69, 9.17) is 22.1 Å². The van der Waals surface area contributed by atoms with E-state index in [1.165, 1.54) is 0 Å². The van der Waals surface area contributed by atoms with E-state index >= 15 is 0 Å². The average Bonchev–Trinajstić information content (AvgIpc) is 3.19. The SMILES string of the molecule is Cc1cc(Cl)ccc1OCC(=O)NC(CN)C1CC1.Cl. The number of hydrogen-bond acceptors (Lipinski definition) is 3. The standard InChI is InChI=1S/C14H19ClN2O2.ClH/c1-9-6-11(15)4-5-13(9)19-8-14(18)17-12(7-16)10-2-3-10;/h4-6,10,12H,2-3,7-8,16H2,1H3,(H,17,18);1H. The maximum atomic E-state index is 11.8. The summed E-state index contributed by atoms with van der Waals surface area (Å²) in [6, 6.07) is 5.41. The number of carbonyl (C=O) groups excluding carboxylic acids is 1. The Labute approximate surface area is 130 Å². The summed E-state index contributed by atoms with van der Waals surface area (Å²) in [4.78, 5) is 11.8. The van der Waals surface area contributed by atoms with E-state index in [-0.39, 0.29) is 31.0 Å². The van der Waals surface area contributed by atoms with Gasteiger partial charge in [0.15, 0.2) is 6.61 Å². The van der Waals surface area contributed by atoms with Crippen molar-refractivity contribution in [2.24, 2.45) is 11.7 Å². The van der Waals surface area contributed by atoms with Gasteiger partial charge in [-0.1, -0.05) is 11.6 Å². The van der Waals surface area contributed by atoms with Gasteiger partial charge in [-0.15, -0.1) is 12.4 Å². The Bertz CT molecular complexity index is 464. The van der Waals surface area contributed by atoms with E-state index in [1.54, 1.807) is 12.1 Å². The van der Waals surface area contributed by atoms with E-state index < -0.39 is 0 Å². The number of ether oxygens (including phenoxy) is 1. The summed E-state index contributed by atoms with van der Waals surface area (Å²) < 4.78 is 5.49. The highest BCUT2D eigenvalue weighted by Crippen LogP contribution is 2.32. The van der Waals surface area contributed by atoms with Gasteiger partial charge in [-0.2, -0.15) is 0 Å². The lowest BCUT2D eigenvalue weighted by molar-refractivity contribution is -0.123. The van der Waals surface area contributed by atoms with Crippen LogP contribution in [0.25, 0.3) is 0 Å². The minimum atomic E-state index is -0.128. The molecule has 1 atom stereocenters. The first kappa shape index (κ1) is 17.1. The summed E-state index contributed by atoms with van der Waals surface area (Å²) in [7, 11) is 0. The average molecular weight is 319 g/mol. The number of benzene rings is 1. The zero-order valence-electron chi connectivity index (χ0n) is 11.4. The quantitative estimate of drug-likeness (QED) is 0.846. The first-order valence-electron chi connectivity index (χ1n) is 6.48. The lowest BCUT2D eigenvalue weighted by Gasteiger charge is -2.16. The van der Waals surface area contributed by atoms with Crippen molar-refractivity contribution >= 4 is 29.9 Å². The first-order chi connectivity index (χ1) is 9.10. The van der Waals surface area contributed by atoms with Crippen molar-refractivity contribution in [3.8, 4) is 5.75 Å². The molecule has 0 saturated heterocycles. The Morgan fingerprint density at radius 2 is 2.25 bits per heavy atom. The largest absolute Gasteiger partial charge is 0.484 e. The maximum absolute atomic E-state index is 11.8. The number of carbonyl (C=O) groups is 1. The molecule has 0 radical (unpaired) electrons. The Morgan fingerprint density at radius 1 is 1.55 bits per heavy atom. The van der Waals surface area contributed by atoms with Gasteiger partial charge in [-0.3, -0.25) is 4.79 Å². The molecule has 1 amide bonds. The second kappa shape index (κ2) is 7.72. The van der Waals surface area contributed by atoms with Gasteiger partial charge in [-0.25, -0.2) is 0 Å². The number of nitrogens with two attached hydrogens (primary N) is 1. The van der Waals surface area contributed by atoms with Crippen molar-refractivity contribution in [3.05, 3.63) is 28.8 Å². The minimum Gasteiger partial charge on any atom is -0.484 e. The molecule has 0 spiro atoms. The molecule has 0 bridgehead atoms. The molecule has 6 heteroatoms. The normalized spacial score (nSPS) is 15.2. The Hall–Kier alpha value is -0.970. The Balaban J connectivity index is 0.00000200. The van der Waals surface area contributed by atoms with Crippen LogP contribution in [0.1, 0.15) is 18.4 Å². The van der Waals surface area contributed by atoms with Crippen molar-refractivity contribution in [1.29, 1.82) is 0 Å². The van der Waals surface area contributed by atoms with Crippen LogP contribution >= 0.6 is 24.0 Å². The fourth-order valence-corrected chi connectivity index (χ4v) is 2.26. The number of hydrogen-bond donors (Lipinski definition) is 2. The molecule has 4 nitrogen and oxygen atoms in total. The Kier molecular flexibility index (Phi) is 6.59. The highest BCUT2D eigenvalue weighted by molar-refractivity contribution is 6.30. The van der Waals surface area contributed by atoms with Crippen LogP contribution in [-0.4, -0.2) is 25.1 Å². The van der Waals surface area contributed by atoms with Gasteiger partial charge in [0.1, 0.15) is 5.75 Å². The Morgan fingerprint density at radius 3 is 2.80 bits per heavy atom. The molecule has 112 valence electrons. The van der Waals surface area contributed by atoms with E-state index in [2.05, 4.69) is 5.32 Å². The van der Waals surface area contributed by atoms with Crippen LogP contribution in [0, 0.1) is 12.8 Å². The molecule has 0 aromatic heterocycles. The third kappa shape index (κ3) is 4.85. The molecular weight excluding hydrogens is 299 g/mol. The molecule has 1 aromatic rings. The molecule has 2 rings (SSSR count). The van der Waals surface area contributed by atoms with Gasteiger partial charge in [0.25, 0.3) is 5.91 Å². The van der Waals surface area contributed by atoms with Gasteiger partial charge >= 0.3 is 0 Å². The van der Waals surface area contributed by atoms with Crippen LogP contribution in [0.5, 0.6) is 5.75 Å². The second-order valence-corrected chi connectivity index (χ2v) is 5.38. The molecule has 3 N–H and O–H groups in total. The topological polar surface area (TPSA) is 64.3 Å². The lowest BCUT2D eigenvalue weighted by Crippen LogP contribution is -2.43. The maximum Gasteiger partial charge on any atom is 0.258 e. The fraction of sp³-hybridized carbons (Fsp3) is 0.500. The van der Waals surface area contributed by atoms with Crippen LogP contribution in [0.15, 0.2) is 18.2 Å². The zero-order chi connectivity index (χ0) is 13.8. The number of nitrogens with one attached hydrogen (secondary N) is 1. The second-order valence-electron chi connectivity index (χ2n) is 4.95. The number of rotatable bonds is 6. The zero-order valence-corrected chi connectivity index (χ0v) is 13.0. The predicted molar refractivity (Wildman–Crippen MR) is 82.6 cm³/mol. The smallest absolute Gasteiger partial charge is 0.258 e. The highest BCUT2D eigenvalue weighted by Gasteiger charge is 2.31. The van der Waals surface area contributed by atoms with E-state index in [0.717, 1.165) is 18.4 Å². The molecule has 1 aliphatic carbocycles. The van der Waals surface area contributed by atoms with Crippen molar-refractivity contribution in [2.45, 2.75) is 25.8 Å². The minimum absolute atomic E-state index is 0. The highest BCUT2D eigenvalue weighted by atomic mass is 35.5. The predicted octanol–water partition coefficient (Wildman–Crippen LogP) is 2.30. The van der Waals surface area contributed by atoms with Crippen molar-refractivity contribution in [3.63, 3.8) is 0 Å². The molecule has 1 aliphatic rings. The summed E-state index contributed by atoms with van der Waals surface area (Å²) in [5, 5.41) is 3.57. The van der Waals surface area contributed by atoms with Gasteiger partial charge < -0.3 is 15.8 Å². The van der Waals surface area contributed by atoms with Crippen LogP contribution in [0.2, 0.25) is 5.02 Å². The van der Waals surface area contributed by atoms with Gasteiger partial charge in [0.2, 0.25) is 0 Å².